The van der Waals surface area contributed by atoms with Crippen LogP contribution in [0.15, 0.2) is 48.5 Å². The van der Waals surface area contributed by atoms with Crippen molar-refractivity contribution >= 4 is 12.1 Å². The van der Waals surface area contributed by atoms with Gasteiger partial charge in [-0.25, -0.2) is 4.79 Å². The standard InChI is InChI=1S/C23H29NO5/c1-5-28-21(26)15-19(24-22(27)29-23(2,3)4)14-16-7-6-8-18(13-16)17-9-11-20(25)12-10-17/h6-13,19,25H,5,14-15H2,1-4H3,(H,24,27). The fourth-order valence-corrected chi connectivity index (χ4v) is 2.89. The third kappa shape index (κ3) is 7.86. The summed E-state index contributed by atoms with van der Waals surface area (Å²) < 4.78 is 10.4. The van der Waals surface area contributed by atoms with E-state index in [-0.39, 0.29) is 24.7 Å². The van der Waals surface area contributed by atoms with Crippen molar-refractivity contribution < 1.29 is 24.2 Å². The minimum atomic E-state index is -0.628. The Hall–Kier alpha value is -3.02. The highest BCUT2D eigenvalue weighted by Gasteiger charge is 2.22. The van der Waals surface area contributed by atoms with Crippen molar-refractivity contribution in [2.75, 3.05) is 6.61 Å². The van der Waals surface area contributed by atoms with Gasteiger partial charge in [0.1, 0.15) is 11.4 Å². The quantitative estimate of drug-likeness (QED) is 0.672. The molecule has 2 aromatic rings. The van der Waals surface area contributed by atoms with E-state index in [1.807, 2.05) is 36.4 Å². The number of rotatable bonds is 7. The van der Waals surface area contributed by atoms with Gasteiger partial charge in [0.2, 0.25) is 0 Å². The molecule has 0 aromatic heterocycles. The summed E-state index contributed by atoms with van der Waals surface area (Å²) in [4.78, 5) is 24.2. The maximum Gasteiger partial charge on any atom is 0.407 e. The van der Waals surface area contributed by atoms with Gasteiger partial charge in [-0.15, -0.1) is 0 Å². The second-order valence-corrected chi connectivity index (χ2v) is 7.80. The van der Waals surface area contributed by atoms with Crippen molar-refractivity contribution in [3.63, 3.8) is 0 Å². The van der Waals surface area contributed by atoms with E-state index in [2.05, 4.69) is 5.32 Å². The normalized spacial score (nSPS) is 12.1. The van der Waals surface area contributed by atoms with Crippen molar-refractivity contribution in [1.82, 2.24) is 5.32 Å². The minimum Gasteiger partial charge on any atom is -0.508 e. The summed E-state index contributed by atoms with van der Waals surface area (Å²) in [5.74, 6) is -0.163. The Morgan fingerprint density at radius 2 is 1.76 bits per heavy atom. The molecule has 0 aliphatic carbocycles. The number of hydrogen-bond acceptors (Lipinski definition) is 5. The average molecular weight is 399 g/mol. The monoisotopic (exact) mass is 399 g/mol. The SMILES string of the molecule is CCOC(=O)CC(Cc1cccc(-c2ccc(O)cc2)c1)NC(=O)OC(C)(C)C. The molecule has 6 heteroatoms. The topological polar surface area (TPSA) is 84.9 Å². The molecule has 0 radical (unpaired) electrons. The van der Waals surface area contributed by atoms with Gasteiger partial charge in [-0.1, -0.05) is 36.4 Å². The lowest BCUT2D eigenvalue weighted by atomic mass is 9.98. The Bertz CT molecular complexity index is 824. The van der Waals surface area contributed by atoms with Crippen LogP contribution in [0.1, 0.15) is 39.7 Å². The van der Waals surface area contributed by atoms with Crippen LogP contribution in [0, 0.1) is 0 Å². The van der Waals surface area contributed by atoms with E-state index in [1.165, 1.54) is 0 Å². The maximum atomic E-state index is 12.2. The first-order chi connectivity index (χ1) is 13.7. The molecule has 0 fully saturated rings. The maximum absolute atomic E-state index is 12.2. The summed E-state index contributed by atoms with van der Waals surface area (Å²) in [5, 5.41) is 12.3. The van der Waals surface area contributed by atoms with Gasteiger partial charge < -0.3 is 19.9 Å². The molecule has 29 heavy (non-hydrogen) atoms. The fraction of sp³-hybridized carbons (Fsp3) is 0.391. The number of esters is 1. The van der Waals surface area contributed by atoms with Crippen LogP contribution >= 0.6 is 0 Å². The molecule has 2 aromatic carbocycles. The third-order valence-electron chi connectivity index (χ3n) is 4.05. The van der Waals surface area contributed by atoms with E-state index < -0.39 is 17.7 Å². The van der Waals surface area contributed by atoms with Crippen LogP contribution in [0.2, 0.25) is 0 Å². The second-order valence-electron chi connectivity index (χ2n) is 7.80. The number of ether oxygens (including phenoxy) is 2. The Labute approximate surface area is 171 Å². The first-order valence-corrected chi connectivity index (χ1v) is 9.70. The molecule has 156 valence electrons. The average Bonchev–Trinajstić information content (AvgIpc) is 2.61. The zero-order valence-corrected chi connectivity index (χ0v) is 17.4. The van der Waals surface area contributed by atoms with Gasteiger partial charge in [0.05, 0.1) is 13.0 Å². The number of phenolic OH excluding ortho intramolecular Hbond substituents is 1. The molecule has 2 N–H and O–H groups in total. The van der Waals surface area contributed by atoms with E-state index in [1.54, 1.807) is 39.8 Å². The third-order valence-corrected chi connectivity index (χ3v) is 4.05. The molecule has 0 saturated heterocycles. The van der Waals surface area contributed by atoms with Gasteiger partial charge in [-0.05, 0) is 62.9 Å². The molecule has 0 aliphatic rings. The fourth-order valence-electron chi connectivity index (χ4n) is 2.89. The molecule has 0 heterocycles. The molecular weight excluding hydrogens is 370 g/mol. The number of carbonyl (C=O) groups is 2. The van der Waals surface area contributed by atoms with Gasteiger partial charge >= 0.3 is 12.1 Å². The van der Waals surface area contributed by atoms with Gasteiger partial charge in [0.25, 0.3) is 0 Å². The van der Waals surface area contributed by atoms with Gasteiger partial charge in [-0.3, -0.25) is 4.79 Å². The van der Waals surface area contributed by atoms with Crippen molar-refractivity contribution in [3.05, 3.63) is 54.1 Å². The van der Waals surface area contributed by atoms with E-state index in [9.17, 15) is 14.7 Å². The predicted octanol–water partition coefficient (Wildman–Crippen LogP) is 4.45. The lowest BCUT2D eigenvalue weighted by Crippen LogP contribution is -2.41. The smallest absolute Gasteiger partial charge is 0.407 e. The van der Waals surface area contributed by atoms with E-state index in [4.69, 9.17) is 9.47 Å². The van der Waals surface area contributed by atoms with Crippen LogP contribution < -0.4 is 5.32 Å². The highest BCUT2D eigenvalue weighted by atomic mass is 16.6. The van der Waals surface area contributed by atoms with Crippen LogP contribution in [0.25, 0.3) is 11.1 Å². The number of amides is 1. The van der Waals surface area contributed by atoms with Crippen molar-refractivity contribution in [1.29, 1.82) is 0 Å². The molecule has 0 aliphatic heterocycles. The number of nitrogens with one attached hydrogen (secondary N) is 1. The molecule has 1 amide bonds. The van der Waals surface area contributed by atoms with Crippen LogP contribution in [-0.2, 0) is 20.7 Å². The van der Waals surface area contributed by atoms with Crippen LogP contribution in [0.4, 0.5) is 4.79 Å². The highest BCUT2D eigenvalue weighted by Crippen LogP contribution is 2.23. The first kappa shape index (κ1) is 22.3. The highest BCUT2D eigenvalue weighted by molar-refractivity contribution is 5.73. The lowest BCUT2D eigenvalue weighted by Gasteiger charge is -2.23. The molecule has 6 nitrogen and oxygen atoms in total. The summed E-state index contributed by atoms with van der Waals surface area (Å²) in [6.45, 7) is 7.39. The summed E-state index contributed by atoms with van der Waals surface area (Å²) in [6.07, 6.45) is -0.0676. The number of phenols is 1. The number of alkyl carbamates (subject to hydrolysis) is 1. The Kier molecular flexibility index (Phi) is 7.65. The summed E-state index contributed by atoms with van der Waals surface area (Å²) >= 11 is 0. The minimum absolute atomic E-state index is 0.0521. The molecule has 1 atom stereocenters. The molecule has 2 rings (SSSR count). The van der Waals surface area contributed by atoms with Gasteiger partial charge in [0.15, 0.2) is 0 Å². The van der Waals surface area contributed by atoms with Crippen LogP contribution in [0.3, 0.4) is 0 Å². The lowest BCUT2D eigenvalue weighted by molar-refractivity contribution is -0.143. The number of benzene rings is 2. The van der Waals surface area contributed by atoms with E-state index in [0.29, 0.717) is 6.42 Å². The van der Waals surface area contributed by atoms with Crippen molar-refractivity contribution in [2.45, 2.75) is 52.2 Å². The van der Waals surface area contributed by atoms with E-state index in [0.717, 1.165) is 16.7 Å². The summed E-state index contributed by atoms with van der Waals surface area (Å²) in [6, 6.07) is 14.3. The molecule has 0 spiro atoms. The molecule has 0 saturated carbocycles. The Balaban J connectivity index is 2.16. The Morgan fingerprint density at radius 1 is 1.07 bits per heavy atom. The molecule has 0 bridgehead atoms. The Morgan fingerprint density at radius 3 is 2.38 bits per heavy atom. The zero-order chi connectivity index (χ0) is 21.4. The number of aromatic hydroxyl groups is 1. The summed E-state index contributed by atoms with van der Waals surface area (Å²) in [5.41, 5.74) is 2.28. The zero-order valence-electron chi connectivity index (χ0n) is 17.4. The van der Waals surface area contributed by atoms with E-state index >= 15 is 0 Å². The molecule has 1 unspecified atom stereocenters. The van der Waals surface area contributed by atoms with Gasteiger partial charge in [0, 0.05) is 6.04 Å². The van der Waals surface area contributed by atoms with Crippen molar-refractivity contribution in [2.24, 2.45) is 0 Å². The predicted molar refractivity (Wildman–Crippen MR) is 112 cm³/mol. The number of carbonyl (C=O) groups excluding carboxylic acids is 2. The van der Waals surface area contributed by atoms with Crippen LogP contribution in [-0.4, -0.2) is 35.4 Å². The summed E-state index contributed by atoms with van der Waals surface area (Å²) in [7, 11) is 0. The molecular formula is C23H29NO5. The largest absolute Gasteiger partial charge is 0.508 e. The van der Waals surface area contributed by atoms with Gasteiger partial charge in [-0.2, -0.15) is 0 Å². The van der Waals surface area contributed by atoms with Crippen molar-refractivity contribution in [3.8, 4) is 16.9 Å². The first-order valence-electron chi connectivity index (χ1n) is 9.70. The number of hydrogen-bond donors (Lipinski definition) is 2. The second kappa shape index (κ2) is 9.96. The van der Waals surface area contributed by atoms with Crippen LogP contribution in [0.5, 0.6) is 5.75 Å².